The summed E-state index contributed by atoms with van der Waals surface area (Å²) in [5.74, 6) is 0.667. The van der Waals surface area contributed by atoms with Gasteiger partial charge in [-0.3, -0.25) is 0 Å². The third kappa shape index (κ3) is 6.69. The molecule has 2 rings (SSSR count). The Morgan fingerprint density at radius 3 is 2.81 bits per heavy atom. The summed E-state index contributed by atoms with van der Waals surface area (Å²) in [7, 11) is -0.453. The van der Waals surface area contributed by atoms with Crippen LogP contribution in [0.4, 0.5) is 5.69 Å². The Balaban J connectivity index is 1.87. The molecule has 0 saturated carbocycles. The van der Waals surface area contributed by atoms with Crippen molar-refractivity contribution in [3.63, 3.8) is 0 Å². The second kappa shape index (κ2) is 9.79. The van der Waals surface area contributed by atoms with Gasteiger partial charge in [0.25, 0.3) is 0 Å². The lowest BCUT2D eigenvalue weighted by atomic mass is 10.2. The number of nitrogens with zero attached hydrogens (tertiary/aromatic N) is 1. The van der Waals surface area contributed by atoms with Crippen molar-refractivity contribution in [2.75, 3.05) is 52.2 Å². The van der Waals surface area contributed by atoms with E-state index in [0.29, 0.717) is 23.3 Å². The molecule has 1 fully saturated rings. The Kier molecular flexibility index (Phi) is 7.99. The quantitative estimate of drug-likeness (QED) is 0.551. The first-order valence-electron chi connectivity index (χ1n) is 9.21. The molecule has 0 bridgehead atoms. The lowest BCUT2D eigenvalue weighted by Crippen LogP contribution is -3.15. The summed E-state index contributed by atoms with van der Waals surface area (Å²) < 4.78 is 31.5. The molecular weight excluding hydrogens is 384 g/mol. The number of hydrogen-bond acceptors (Lipinski definition) is 4. The lowest BCUT2D eigenvalue weighted by Gasteiger charge is -2.31. The molecule has 1 heterocycles. The molecule has 0 radical (unpaired) electrons. The smallest absolute Gasteiger partial charge is 0.242 e. The van der Waals surface area contributed by atoms with Crippen LogP contribution in [0.5, 0.6) is 0 Å². The number of anilines is 1. The Bertz CT molecular complexity index is 738. The highest BCUT2D eigenvalue weighted by Gasteiger charge is 2.24. The minimum Gasteiger partial charge on any atom is -0.365 e. The van der Waals surface area contributed by atoms with Crippen LogP contribution in [0.1, 0.15) is 13.8 Å². The molecule has 1 saturated heterocycles. The van der Waals surface area contributed by atoms with Crippen LogP contribution in [0.15, 0.2) is 29.2 Å². The number of hydrogen-bond donors (Lipinski definition) is 3. The molecule has 2 atom stereocenters. The van der Waals surface area contributed by atoms with E-state index in [-0.39, 0.29) is 11.0 Å². The van der Waals surface area contributed by atoms with Crippen molar-refractivity contribution < 1.29 is 18.1 Å². The molecule has 152 valence electrons. The van der Waals surface area contributed by atoms with Crippen molar-refractivity contribution in [3.05, 3.63) is 24.3 Å². The van der Waals surface area contributed by atoms with Gasteiger partial charge >= 0.3 is 0 Å². The van der Waals surface area contributed by atoms with E-state index in [0.717, 1.165) is 26.2 Å². The number of benzene rings is 1. The Labute approximate surface area is 168 Å². The minimum absolute atomic E-state index is 0.118. The number of ether oxygens (including phenoxy) is 1. The van der Waals surface area contributed by atoms with Crippen molar-refractivity contribution >= 4 is 33.0 Å². The third-order valence-corrected chi connectivity index (χ3v) is 6.44. The van der Waals surface area contributed by atoms with Gasteiger partial charge in [-0.1, -0.05) is 19.9 Å². The zero-order chi connectivity index (χ0) is 20.0. The van der Waals surface area contributed by atoms with Crippen molar-refractivity contribution in [2.24, 2.45) is 5.92 Å². The van der Waals surface area contributed by atoms with Gasteiger partial charge in [-0.15, -0.1) is 0 Å². The predicted molar refractivity (Wildman–Crippen MR) is 112 cm³/mol. The van der Waals surface area contributed by atoms with Gasteiger partial charge < -0.3 is 20.3 Å². The fraction of sp³-hybridized carbons (Fsp3) is 0.611. The largest absolute Gasteiger partial charge is 0.365 e. The highest BCUT2D eigenvalue weighted by Crippen LogP contribution is 2.17. The summed E-state index contributed by atoms with van der Waals surface area (Å²) in [5.41, 5.74) is 0.632. The number of quaternary nitrogens is 1. The molecule has 1 unspecified atom stereocenters. The van der Waals surface area contributed by atoms with E-state index in [4.69, 9.17) is 17.0 Å². The number of sulfonamides is 1. The molecular formula is C18H31N4O3S2+. The fourth-order valence-electron chi connectivity index (χ4n) is 3.07. The Morgan fingerprint density at radius 2 is 2.15 bits per heavy atom. The maximum absolute atomic E-state index is 12.2. The van der Waals surface area contributed by atoms with Crippen LogP contribution in [0.2, 0.25) is 0 Å². The van der Waals surface area contributed by atoms with Crippen molar-refractivity contribution in [1.82, 2.24) is 9.62 Å². The fourth-order valence-corrected chi connectivity index (χ4v) is 4.22. The molecule has 27 heavy (non-hydrogen) atoms. The van der Waals surface area contributed by atoms with Gasteiger partial charge in [0, 0.05) is 32.2 Å². The zero-order valence-corrected chi connectivity index (χ0v) is 18.1. The molecule has 1 aromatic carbocycles. The first-order valence-corrected chi connectivity index (χ1v) is 11.1. The summed E-state index contributed by atoms with van der Waals surface area (Å²) in [6, 6.07) is 6.63. The van der Waals surface area contributed by atoms with Gasteiger partial charge in [-0.2, -0.15) is 0 Å². The van der Waals surface area contributed by atoms with Crippen LogP contribution < -0.4 is 15.5 Å². The van der Waals surface area contributed by atoms with Crippen LogP contribution in [0.3, 0.4) is 0 Å². The first kappa shape index (κ1) is 22.0. The maximum atomic E-state index is 12.2. The third-order valence-electron chi connectivity index (χ3n) is 4.38. The zero-order valence-electron chi connectivity index (χ0n) is 16.5. The summed E-state index contributed by atoms with van der Waals surface area (Å²) in [6.45, 7) is 9.02. The Hall–Kier alpha value is -1.26. The van der Waals surface area contributed by atoms with E-state index in [1.54, 1.807) is 29.2 Å². The number of nitrogens with one attached hydrogen (secondary N) is 3. The molecule has 7 nitrogen and oxygen atoms in total. The van der Waals surface area contributed by atoms with Gasteiger partial charge in [0.2, 0.25) is 10.0 Å². The summed E-state index contributed by atoms with van der Waals surface area (Å²) >= 11 is 5.35. The molecule has 1 aromatic rings. The predicted octanol–water partition coefficient (Wildman–Crippen LogP) is 0.163. The number of rotatable bonds is 7. The highest BCUT2D eigenvalue weighted by molar-refractivity contribution is 7.89. The molecule has 3 N–H and O–H groups in total. The van der Waals surface area contributed by atoms with Crippen LogP contribution in [-0.4, -0.2) is 70.8 Å². The summed E-state index contributed by atoms with van der Waals surface area (Å²) in [6.07, 6.45) is 0.118. The maximum Gasteiger partial charge on any atom is 0.242 e. The van der Waals surface area contributed by atoms with E-state index in [2.05, 4.69) is 24.5 Å². The van der Waals surface area contributed by atoms with Crippen LogP contribution >= 0.6 is 12.2 Å². The average Bonchev–Trinajstić information content (AvgIpc) is 2.60. The van der Waals surface area contributed by atoms with Crippen molar-refractivity contribution in [2.45, 2.75) is 24.8 Å². The molecule has 1 aliphatic rings. The second-order valence-electron chi connectivity index (χ2n) is 7.45. The van der Waals surface area contributed by atoms with E-state index in [9.17, 15) is 8.42 Å². The highest BCUT2D eigenvalue weighted by atomic mass is 32.2. The lowest BCUT2D eigenvalue weighted by molar-refractivity contribution is -0.914. The molecule has 0 aliphatic carbocycles. The van der Waals surface area contributed by atoms with Gasteiger partial charge in [0.05, 0.1) is 18.0 Å². The van der Waals surface area contributed by atoms with Crippen molar-refractivity contribution in [1.29, 1.82) is 0 Å². The average molecular weight is 416 g/mol. The van der Waals surface area contributed by atoms with Gasteiger partial charge in [0.15, 0.2) is 5.11 Å². The van der Waals surface area contributed by atoms with Crippen molar-refractivity contribution in [3.8, 4) is 0 Å². The van der Waals surface area contributed by atoms with E-state index < -0.39 is 10.0 Å². The van der Waals surface area contributed by atoms with Gasteiger partial charge in [-0.25, -0.2) is 12.7 Å². The van der Waals surface area contributed by atoms with E-state index in [1.807, 2.05) is 0 Å². The molecule has 0 spiro atoms. The SMILES string of the molecule is CC(C)C[NH+]1CCO[C@H](CNC(=S)Nc2cccc(S(=O)(=O)N(C)C)c2)C1. The summed E-state index contributed by atoms with van der Waals surface area (Å²) in [5, 5.41) is 6.68. The molecule has 9 heteroatoms. The van der Waals surface area contributed by atoms with E-state index >= 15 is 0 Å². The molecule has 0 amide bonds. The first-order chi connectivity index (χ1) is 12.7. The van der Waals surface area contributed by atoms with Gasteiger partial charge in [0.1, 0.15) is 19.2 Å². The standard InChI is InChI=1S/C18H30N4O3S2/c1-14(2)12-22-8-9-25-16(13-22)11-19-18(26)20-15-6-5-7-17(10-15)27(23,24)21(3)4/h5-7,10,14,16H,8-9,11-13H2,1-4H3,(H2,19,20,26)/p+1/t16-/m1/s1. The monoisotopic (exact) mass is 415 g/mol. The van der Waals surface area contributed by atoms with Gasteiger partial charge in [-0.05, 0) is 30.4 Å². The Morgan fingerprint density at radius 1 is 1.41 bits per heavy atom. The number of morpholine rings is 1. The van der Waals surface area contributed by atoms with E-state index in [1.165, 1.54) is 18.4 Å². The summed E-state index contributed by atoms with van der Waals surface area (Å²) in [4.78, 5) is 1.78. The number of thiocarbonyl (C=S) groups is 1. The molecule has 0 aromatic heterocycles. The molecule has 1 aliphatic heterocycles. The normalized spacial score (nSPS) is 20.7. The van der Waals surface area contributed by atoms with Crippen LogP contribution in [-0.2, 0) is 14.8 Å². The topological polar surface area (TPSA) is 75.1 Å². The minimum atomic E-state index is -3.47. The van der Waals surface area contributed by atoms with Crippen LogP contribution in [0.25, 0.3) is 0 Å². The van der Waals surface area contributed by atoms with Crippen LogP contribution in [0, 0.1) is 5.92 Å². The second-order valence-corrected chi connectivity index (χ2v) is 10.0.